The van der Waals surface area contributed by atoms with Gasteiger partial charge in [-0.1, -0.05) is 0 Å². The maximum absolute atomic E-state index is 13.0. The summed E-state index contributed by atoms with van der Waals surface area (Å²) >= 11 is 0. The van der Waals surface area contributed by atoms with E-state index in [1.165, 1.54) is 0 Å². The van der Waals surface area contributed by atoms with E-state index in [0.717, 1.165) is 29.9 Å². The highest BCUT2D eigenvalue weighted by molar-refractivity contribution is 7.84. The van der Waals surface area contributed by atoms with E-state index in [1.54, 1.807) is 44.7 Å². The molecular weight excluding hydrogens is 350 g/mol. The fraction of sp³-hybridized carbons (Fsp3) is 0.350. The van der Waals surface area contributed by atoms with Crippen LogP contribution >= 0.6 is 0 Å². The molecule has 138 valence electrons. The number of carbonyl (C=O) groups is 1. The third kappa shape index (κ3) is 3.60. The first-order valence-corrected chi connectivity index (χ1v) is 10.1. The summed E-state index contributed by atoms with van der Waals surface area (Å²) < 4.78 is 22.4. The Morgan fingerprint density at radius 2 is 1.85 bits per heavy atom. The van der Waals surface area contributed by atoms with Crippen LogP contribution in [-0.4, -0.2) is 42.0 Å². The molecule has 2 aromatic carbocycles. The van der Waals surface area contributed by atoms with Crippen molar-refractivity contribution in [2.24, 2.45) is 0 Å². The van der Waals surface area contributed by atoms with E-state index in [2.05, 4.69) is 0 Å². The SMILES string of the molecule is COc1ccc(OC)c([C@H]2CCCN2C(=O)c2ccc([S@](C)=O)cc2)c1. The zero-order chi connectivity index (χ0) is 18.7. The van der Waals surface area contributed by atoms with Crippen molar-refractivity contribution in [3.8, 4) is 11.5 Å². The fourth-order valence-corrected chi connectivity index (χ4v) is 3.91. The van der Waals surface area contributed by atoms with Crippen LogP contribution in [0.2, 0.25) is 0 Å². The van der Waals surface area contributed by atoms with Gasteiger partial charge in [0, 0.05) is 39.6 Å². The van der Waals surface area contributed by atoms with E-state index >= 15 is 0 Å². The lowest BCUT2D eigenvalue weighted by molar-refractivity contribution is 0.0734. The molecule has 0 aromatic heterocycles. The van der Waals surface area contributed by atoms with Crippen molar-refractivity contribution in [2.45, 2.75) is 23.8 Å². The van der Waals surface area contributed by atoms with Gasteiger partial charge in [-0.05, 0) is 55.3 Å². The Hall–Kier alpha value is -2.34. The molecule has 0 saturated carbocycles. The smallest absolute Gasteiger partial charge is 0.254 e. The maximum atomic E-state index is 13.0. The minimum atomic E-state index is -1.05. The molecule has 0 aliphatic carbocycles. The summed E-state index contributed by atoms with van der Waals surface area (Å²) in [5, 5.41) is 0. The van der Waals surface area contributed by atoms with Gasteiger partial charge in [0.25, 0.3) is 5.91 Å². The fourth-order valence-electron chi connectivity index (χ4n) is 3.39. The first kappa shape index (κ1) is 18.5. The summed E-state index contributed by atoms with van der Waals surface area (Å²) in [5.41, 5.74) is 1.57. The zero-order valence-electron chi connectivity index (χ0n) is 15.2. The summed E-state index contributed by atoms with van der Waals surface area (Å²) in [4.78, 5) is 15.6. The van der Waals surface area contributed by atoms with Crippen molar-refractivity contribution in [2.75, 3.05) is 27.0 Å². The minimum Gasteiger partial charge on any atom is -0.497 e. The largest absolute Gasteiger partial charge is 0.497 e. The Morgan fingerprint density at radius 1 is 1.12 bits per heavy atom. The predicted molar refractivity (Wildman–Crippen MR) is 101 cm³/mol. The molecule has 26 heavy (non-hydrogen) atoms. The lowest BCUT2D eigenvalue weighted by atomic mass is 10.0. The first-order valence-electron chi connectivity index (χ1n) is 8.51. The zero-order valence-corrected chi connectivity index (χ0v) is 16.0. The molecule has 1 saturated heterocycles. The number of methoxy groups -OCH3 is 2. The van der Waals surface area contributed by atoms with E-state index in [4.69, 9.17) is 9.47 Å². The molecule has 1 aliphatic heterocycles. The van der Waals surface area contributed by atoms with Crippen LogP contribution in [0.15, 0.2) is 47.4 Å². The van der Waals surface area contributed by atoms with Gasteiger partial charge in [-0.3, -0.25) is 9.00 Å². The van der Waals surface area contributed by atoms with E-state index in [-0.39, 0.29) is 11.9 Å². The predicted octanol–water partition coefficient (Wildman–Crippen LogP) is 3.42. The number of rotatable bonds is 5. The number of hydrogen-bond acceptors (Lipinski definition) is 4. The van der Waals surface area contributed by atoms with Gasteiger partial charge in [0.05, 0.1) is 20.3 Å². The average Bonchev–Trinajstić information content (AvgIpc) is 3.16. The van der Waals surface area contributed by atoms with Crippen molar-refractivity contribution >= 4 is 16.7 Å². The summed E-state index contributed by atoms with van der Waals surface area (Å²) in [7, 11) is 2.21. The van der Waals surface area contributed by atoms with Crippen LogP contribution in [0.4, 0.5) is 0 Å². The van der Waals surface area contributed by atoms with Crippen molar-refractivity contribution in [3.05, 3.63) is 53.6 Å². The van der Waals surface area contributed by atoms with E-state index in [0.29, 0.717) is 17.0 Å². The van der Waals surface area contributed by atoms with Gasteiger partial charge in [-0.2, -0.15) is 0 Å². The second kappa shape index (κ2) is 7.91. The molecule has 0 radical (unpaired) electrons. The molecule has 5 nitrogen and oxygen atoms in total. The number of ether oxygens (including phenoxy) is 2. The Bertz CT molecular complexity index is 819. The standard InChI is InChI=1S/C20H23NO4S/c1-24-15-8-11-19(25-2)17(13-15)18-5-4-12-21(18)20(22)14-6-9-16(10-7-14)26(3)23/h6-11,13,18H,4-5,12H2,1-3H3/t18-,26+/m1/s1. The molecule has 1 fully saturated rings. The molecule has 6 heteroatoms. The number of likely N-dealkylation sites (tertiary alicyclic amines) is 1. The average molecular weight is 373 g/mol. The highest BCUT2D eigenvalue weighted by atomic mass is 32.2. The monoisotopic (exact) mass is 373 g/mol. The Balaban J connectivity index is 1.90. The molecule has 1 aliphatic rings. The van der Waals surface area contributed by atoms with Gasteiger partial charge < -0.3 is 14.4 Å². The maximum Gasteiger partial charge on any atom is 0.254 e. The lowest BCUT2D eigenvalue weighted by Gasteiger charge is -2.27. The molecular formula is C20H23NO4S. The summed E-state index contributed by atoms with van der Waals surface area (Å²) in [5.74, 6) is 1.48. The van der Waals surface area contributed by atoms with Crippen LogP contribution in [0.3, 0.4) is 0 Å². The van der Waals surface area contributed by atoms with Crippen LogP contribution in [0.25, 0.3) is 0 Å². The van der Waals surface area contributed by atoms with Gasteiger partial charge in [0.2, 0.25) is 0 Å². The number of amides is 1. The Labute approximate surface area is 156 Å². The first-order chi connectivity index (χ1) is 12.5. The Morgan fingerprint density at radius 3 is 2.46 bits per heavy atom. The molecule has 2 aromatic rings. The van der Waals surface area contributed by atoms with Gasteiger partial charge in [-0.15, -0.1) is 0 Å². The number of nitrogens with zero attached hydrogens (tertiary/aromatic N) is 1. The van der Waals surface area contributed by atoms with Crippen LogP contribution in [0, 0.1) is 0 Å². The highest BCUT2D eigenvalue weighted by Gasteiger charge is 2.32. The Kier molecular flexibility index (Phi) is 5.61. The quantitative estimate of drug-likeness (QED) is 0.806. The molecule has 0 bridgehead atoms. The van der Waals surface area contributed by atoms with Gasteiger partial charge in [0.1, 0.15) is 11.5 Å². The van der Waals surface area contributed by atoms with Gasteiger partial charge in [-0.25, -0.2) is 0 Å². The normalized spacial score (nSPS) is 17.8. The van der Waals surface area contributed by atoms with Crippen molar-refractivity contribution in [1.29, 1.82) is 0 Å². The summed E-state index contributed by atoms with van der Waals surface area (Å²) in [6.07, 6.45) is 3.45. The molecule has 1 amide bonds. The van der Waals surface area contributed by atoms with Crippen molar-refractivity contribution in [1.82, 2.24) is 4.90 Å². The number of benzene rings is 2. The molecule has 2 atom stereocenters. The second-order valence-corrected chi connectivity index (χ2v) is 7.62. The summed E-state index contributed by atoms with van der Waals surface area (Å²) in [6, 6.07) is 12.6. The minimum absolute atomic E-state index is 0.0224. The van der Waals surface area contributed by atoms with E-state index < -0.39 is 10.8 Å². The highest BCUT2D eigenvalue weighted by Crippen LogP contribution is 2.39. The van der Waals surface area contributed by atoms with Crippen LogP contribution in [-0.2, 0) is 10.8 Å². The van der Waals surface area contributed by atoms with Crippen molar-refractivity contribution < 1.29 is 18.5 Å². The van der Waals surface area contributed by atoms with Crippen LogP contribution < -0.4 is 9.47 Å². The third-order valence-electron chi connectivity index (χ3n) is 4.74. The lowest BCUT2D eigenvalue weighted by Crippen LogP contribution is -2.30. The van der Waals surface area contributed by atoms with Crippen LogP contribution in [0.1, 0.15) is 34.8 Å². The molecule has 3 rings (SSSR count). The third-order valence-corrected chi connectivity index (χ3v) is 5.68. The molecule has 1 heterocycles. The molecule has 0 spiro atoms. The number of hydrogen-bond donors (Lipinski definition) is 0. The van der Waals surface area contributed by atoms with Crippen LogP contribution in [0.5, 0.6) is 11.5 Å². The number of carbonyl (C=O) groups excluding carboxylic acids is 1. The molecule has 0 N–H and O–H groups in total. The summed E-state index contributed by atoms with van der Waals surface area (Å²) in [6.45, 7) is 0.700. The molecule has 0 unspecified atom stereocenters. The van der Waals surface area contributed by atoms with E-state index in [9.17, 15) is 9.00 Å². The van der Waals surface area contributed by atoms with Gasteiger partial charge >= 0.3 is 0 Å². The topological polar surface area (TPSA) is 55.8 Å². The second-order valence-electron chi connectivity index (χ2n) is 6.24. The van der Waals surface area contributed by atoms with E-state index in [1.807, 2.05) is 23.1 Å². The van der Waals surface area contributed by atoms with Gasteiger partial charge in [0.15, 0.2) is 0 Å². The van der Waals surface area contributed by atoms with Crippen molar-refractivity contribution in [3.63, 3.8) is 0 Å².